The first kappa shape index (κ1) is 15.8. The summed E-state index contributed by atoms with van der Waals surface area (Å²) in [6.45, 7) is 6.53. The largest absolute Gasteiger partial charge is 0.466 e. The van der Waals surface area contributed by atoms with Crippen molar-refractivity contribution < 1.29 is 14.2 Å². The van der Waals surface area contributed by atoms with Gasteiger partial charge in [0, 0.05) is 10.6 Å². The molecule has 2 heterocycles. The molecule has 0 spiro atoms. The number of rotatable bonds is 5. The van der Waals surface area contributed by atoms with Crippen LogP contribution >= 0.6 is 11.6 Å². The summed E-state index contributed by atoms with van der Waals surface area (Å²) in [6, 6.07) is 10.0. The van der Waals surface area contributed by atoms with E-state index < -0.39 is 0 Å². The highest BCUT2D eigenvalue weighted by Gasteiger charge is 2.16. The number of aromatic nitrogens is 2. The third-order valence-corrected chi connectivity index (χ3v) is 4.03. The highest BCUT2D eigenvalue weighted by molar-refractivity contribution is 6.30. The summed E-state index contributed by atoms with van der Waals surface area (Å²) < 4.78 is 11.2. The predicted molar refractivity (Wildman–Crippen MR) is 87.0 cm³/mol. The molecule has 120 valence electrons. The van der Waals surface area contributed by atoms with Gasteiger partial charge in [0.25, 0.3) is 11.8 Å². The van der Waals surface area contributed by atoms with Gasteiger partial charge in [-0.3, -0.25) is 0 Å². The Morgan fingerprint density at radius 2 is 1.87 bits per heavy atom. The number of halogens is 1. The number of nitrogens with zero attached hydrogens (tertiary/aromatic N) is 2. The second kappa shape index (κ2) is 6.56. The van der Waals surface area contributed by atoms with Gasteiger partial charge in [-0.2, -0.15) is 0 Å². The van der Waals surface area contributed by atoms with Crippen LogP contribution in [0.5, 0.6) is 0 Å². The van der Waals surface area contributed by atoms with E-state index in [1.165, 1.54) is 5.56 Å². The average Bonchev–Trinajstić information content (AvgIpc) is 3.11. The number of benzene rings is 1. The predicted octanol–water partition coefficient (Wildman–Crippen LogP) is 3.42. The standard InChI is InChI=1S/C17H18ClN3O2/c1-10-8-15(12(3)22-10)17-21-20-16(23-17)9-19-11(2)13-4-6-14(18)7-5-13/h4-8,11,19H,9H2,1-3H3/p+1/t11-/m0/s1. The van der Waals surface area contributed by atoms with Gasteiger partial charge >= 0.3 is 0 Å². The molecule has 0 amide bonds. The van der Waals surface area contributed by atoms with Gasteiger partial charge in [-0.25, -0.2) is 0 Å². The second-order valence-electron chi connectivity index (χ2n) is 5.61. The molecule has 0 bridgehead atoms. The Balaban J connectivity index is 1.65. The van der Waals surface area contributed by atoms with E-state index in [1.807, 2.05) is 44.2 Å². The molecule has 0 saturated carbocycles. The van der Waals surface area contributed by atoms with Gasteiger partial charge in [0.15, 0.2) is 6.54 Å². The van der Waals surface area contributed by atoms with Gasteiger partial charge in [0.05, 0.1) is 5.56 Å². The van der Waals surface area contributed by atoms with E-state index in [4.69, 9.17) is 20.4 Å². The van der Waals surface area contributed by atoms with Crippen molar-refractivity contribution in [2.45, 2.75) is 33.4 Å². The van der Waals surface area contributed by atoms with Gasteiger partial charge in [0.1, 0.15) is 17.6 Å². The molecule has 0 saturated heterocycles. The zero-order valence-electron chi connectivity index (χ0n) is 13.3. The monoisotopic (exact) mass is 332 g/mol. The van der Waals surface area contributed by atoms with Crippen molar-refractivity contribution in [3.05, 3.63) is 58.3 Å². The summed E-state index contributed by atoms with van der Waals surface area (Å²) in [6.07, 6.45) is 0. The molecule has 1 aromatic carbocycles. The molecule has 0 aliphatic rings. The number of quaternary nitrogens is 1. The molecule has 2 aromatic heterocycles. The summed E-state index contributed by atoms with van der Waals surface area (Å²) in [5.41, 5.74) is 2.06. The van der Waals surface area contributed by atoms with Crippen LogP contribution in [-0.2, 0) is 6.54 Å². The molecule has 0 fully saturated rings. The van der Waals surface area contributed by atoms with E-state index in [-0.39, 0.29) is 6.04 Å². The summed E-state index contributed by atoms with van der Waals surface area (Å²) in [4.78, 5) is 0. The lowest BCUT2D eigenvalue weighted by Gasteiger charge is -2.09. The number of aryl methyl sites for hydroxylation is 2. The molecule has 3 aromatic rings. The lowest BCUT2D eigenvalue weighted by Crippen LogP contribution is -2.83. The van der Waals surface area contributed by atoms with E-state index >= 15 is 0 Å². The van der Waals surface area contributed by atoms with Crippen LogP contribution in [-0.4, -0.2) is 10.2 Å². The minimum absolute atomic E-state index is 0.278. The van der Waals surface area contributed by atoms with Crippen LogP contribution in [0.3, 0.4) is 0 Å². The second-order valence-corrected chi connectivity index (χ2v) is 6.04. The quantitative estimate of drug-likeness (QED) is 0.777. The highest BCUT2D eigenvalue weighted by atomic mass is 35.5. The molecule has 0 aliphatic carbocycles. The zero-order valence-corrected chi connectivity index (χ0v) is 14.1. The van der Waals surface area contributed by atoms with E-state index in [1.54, 1.807) is 0 Å². The van der Waals surface area contributed by atoms with Crippen LogP contribution in [0.4, 0.5) is 0 Å². The van der Waals surface area contributed by atoms with E-state index in [9.17, 15) is 0 Å². The van der Waals surface area contributed by atoms with Crippen molar-refractivity contribution >= 4 is 11.6 Å². The zero-order chi connectivity index (χ0) is 16.4. The summed E-state index contributed by atoms with van der Waals surface area (Å²) >= 11 is 5.91. The molecule has 23 heavy (non-hydrogen) atoms. The Kier molecular flexibility index (Phi) is 4.50. The lowest BCUT2D eigenvalue weighted by molar-refractivity contribution is -0.709. The first-order chi connectivity index (χ1) is 11.0. The topological polar surface area (TPSA) is 68.7 Å². The summed E-state index contributed by atoms with van der Waals surface area (Å²) in [7, 11) is 0. The Labute approximate surface area is 139 Å². The maximum absolute atomic E-state index is 5.91. The molecular formula is C17H19ClN3O2+. The fraction of sp³-hybridized carbons (Fsp3) is 0.294. The van der Waals surface area contributed by atoms with Crippen molar-refractivity contribution in [3.63, 3.8) is 0 Å². The fourth-order valence-electron chi connectivity index (χ4n) is 2.47. The summed E-state index contributed by atoms with van der Waals surface area (Å²) in [5.74, 6) is 2.72. The van der Waals surface area contributed by atoms with Crippen molar-refractivity contribution in [1.29, 1.82) is 0 Å². The van der Waals surface area contributed by atoms with E-state index in [0.717, 1.165) is 22.1 Å². The van der Waals surface area contributed by atoms with Crippen LogP contribution in [0.25, 0.3) is 11.5 Å². The van der Waals surface area contributed by atoms with Crippen LogP contribution < -0.4 is 5.32 Å². The normalized spacial score (nSPS) is 12.5. The van der Waals surface area contributed by atoms with Crippen LogP contribution in [0.15, 0.2) is 39.2 Å². The first-order valence-corrected chi connectivity index (χ1v) is 7.89. The summed E-state index contributed by atoms with van der Waals surface area (Å²) in [5, 5.41) is 11.1. The Hall–Kier alpha value is -2.11. The van der Waals surface area contributed by atoms with Gasteiger partial charge in [0.2, 0.25) is 0 Å². The lowest BCUT2D eigenvalue weighted by atomic mass is 10.1. The molecule has 0 unspecified atom stereocenters. The van der Waals surface area contributed by atoms with E-state index in [2.05, 4.69) is 22.4 Å². The van der Waals surface area contributed by atoms with Crippen molar-refractivity contribution in [2.24, 2.45) is 0 Å². The molecule has 3 rings (SSSR count). The van der Waals surface area contributed by atoms with Crippen LogP contribution in [0, 0.1) is 13.8 Å². The van der Waals surface area contributed by atoms with Crippen molar-refractivity contribution in [1.82, 2.24) is 10.2 Å². The molecule has 5 nitrogen and oxygen atoms in total. The van der Waals surface area contributed by atoms with Gasteiger partial charge < -0.3 is 14.2 Å². The highest BCUT2D eigenvalue weighted by Crippen LogP contribution is 2.25. The maximum Gasteiger partial charge on any atom is 0.271 e. The van der Waals surface area contributed by atoms with Gasteiger partial charge in [-0.15, -0.1) is 10.2 Å². The van der Waals surface area contributed by atoms with Gasteiger partial charge in [-0.1, -0.05) is 23.7 Å². The molecular weight excluding hydrogens is 314 g/mol. The van der Waals surface area contributed by atoms with E-state index in [0.29, 0.717) is 18.3 Å². The minimum atomic E-state index is 0.278. The van der Waals surface area contributed by atoms with Crippen LogP contribution in [0.2, 0.25) is 5.02 Å². The fourth-order valence-corrected chi connectivity index (χ4v) is 2.59. The maximum atomic E-state index is 5.91. The third-order valence-electron chi connectivity index (χ3n) is 3.78. The Morgan fingerprint density at radius 3 is 2.52 bits per heavy atom. The van der Waals surface area contributed by atoms with Crippen molar-refractivity contribution in [3.8, 4) is 11.5 Å². The number of furan rings is 1. The van der Waals surface area contributed by atoms with Crippen molar-refractivity contribution in [2.75, 3.05) is 0 Å². The number of nitrogens with two attached hydrogens (primary N) is 1. The number of hydrogen-bond acceptors (Lipinski definition) is 4. The molecule has 0 aliphatic heterocycles. The Morgan fingerprint density at radius 1 is 1.13 bits per heavy atom. The minimum Gasteiger partial charge on any atom is -0.466 e. The molecule has 1 atom stereocenters. The van der Waals surface area contributed by atoms with Crippen LogP contribution in [0.1, 0.15) is 35.9 Å². The first-order valence-electron chi connectivity index (χ1n) is 7.51. The number of hydrogen-bond donors (Lipinski definition) is 1. The van der Waals surface area contributed by atoms with Gasteiger partial charge in [-0.05, 0) is 39.0 Å². The molecule has 0 radical (unpaired) electrons. The third kappa shape index (κ3) is 3.63. The Bertz CT molecular complexity index is 793. The smallest absolute Gasteiger partial charge is 0.271 e. The molecule has 6 heteroatoms. The average molecular weight is 333 g/mol. The SMILES string of the molecule is Cc1cc(-c2nnc(C[NH2+][C@@H](C)c3ccc(Cl)cc3)o2)c(C)o1. The molecule has 2 N–H and O–H groups in total.